The Morgan fingerprint density at radius 3 is 2.74 bits per heavy atom. The van der Waals surface area contributed by atoms with Crippen molar-refractivity contribution in [3.05, 3.63) is 28.3 Å². The molecule has 0 aliphatic carbocycles. The Morgan fingerprint density at radius 1 is 1.53 bits per heavy atom. The lowest BCUT2D eigenvalue weighted by molar-refractivity contribution is -0.384. The van der Waals surface area contributed by atoms with Crippen molar-refractivity contribution in [3.63, 3.8) is 0 Å². The number of phenols is 1. The maximum absolute atomic E-state index is 11.7. The lowest BCUT2D eigenvalue weighted by Crippen LogP contribution is -2.30. The van der Waals surface area contributed by atoms with Crippen LogP contribution in [0, 0.1) is 10.1 Å². The fourth-order valence-electron chi connectivity index (χ4n) is 1.64. The summed E-state index contributed by atoms with van der Waals surface area (Å²) < 4.78 is 0. The van der Waals surface area contributed by atoms with Crippen LogP contribution in [-0.2, 0) is 4.79 Å². The largest absolute Gasteiger partial charge is 0.506 e. The molecule has 0 aromatic heterocycles. The zero-order chi connectivity index (χ0) is 14.4. The monoisotopic (exact) mass is 267 g/mol. The zero-order valence-corrected chi connectivity index (χ0v) is 10.8. The highest BCUT2D eigenvalue weighted by Gasteiger charge is 2.13. The van der Waals surface area contributed by atoms with Crippen molar-refractivity contribution in [2.75, 3.05) is 11.9 Å². The van der Waals surface area contributed by atoms with Crippen molar-refractivity contribution in [3.8, 4) is 5.75 Å². The van der Waals surface area contributed by atoms with E-state index in [-0.39, 0.29) is 35.5 Å². The standard InChI is InChI=1S/C12H17N3O4/c1-3-13-8(2)6-12(17)14-10-5-4-9(15(18)19)7-11(10)16/h4-5,7-8,13,16H,3,6H2,1-2H3,(H,14,17). The van der Waals surface area contributed by atoms with E-state index in [1.165, 1.54) is 12.1 Å². The summed E-state index contributed by atoms with van der Waals surface area (Å²) >= 11 is 0. The molecule has 0 spiro atoms. The highest BCUT2D eigenvalue weighted by molar-refractivity contribution is 5.92. The molecular weight excluding hydrogens is 250 g/mol. The molecule has 1 amide bonds. The van der Waals surface area contributed by atoms with Gasteiger partial charge in [-0.2, -0.15) is 0 Å². The normalized spacial score (nSPS) is 11.9. The van der Waals surface area contributed by atoms with Gasteiger partial charge in [-0.05, 0) is 19.5 Å². The number of hydrogen-bond acceptors (Lipinski definition) is 5. The van der Waals surface area contributed by atoms with E-state index >= 15 is 0 Å². The van der Waals surface area contributed by atoms with E-state index in [1.54, 1.807) is 0 Å². The molecule has 0 aliphatic heterocycles. The summed E-state index contributed by atoms with van der Waals surface area (Å²) in [5.74, 6) is -0.587. The summed E-state index contributed by atoms with van der Waals surface area (Å²) in [7, 11) is 0. The number of carbonyl (C=O) groups is 1. The van der Waals surface area contributed by atoms with Crippen LogP contribution >= 0.6 is 0 Å². The topological polar surface area (TPSA) is 104 Å². The van der Waals surface area contributed by atoms with Gasteiger partial charge in [0.2, 0.25) is 5.91 Å². The third-order valence-corrected chi connectivity index (χ3v) is 2.51. The van der Waals surface area contributed by atoms with Gasteiger partial charge < -0.3 is 15.7 Å². The molecule has 1 rings (SSSR count). The minimum atomic E-state index is -0.613. The number of hydrogen-bond donors (Lipinski definition) is 3. The first kappa shape index (κ1) is 14.9. The Balaban J connectivity index is 2.67. The van der Waals surface area contributed by atoms with Crippen LogP contribution in [0.1, 0.15) is 20.3 Å². The smallest absolute Gasteiger partial charge is 0.273 e. The molecule has 104 valence electrons. The van der Waals surface area contributed by atoms with Gasteiger partial charge in [-0.1, -0.05) is 6.92 Å². The van der Waals surface area contributed by atoms with Gasteiger partial charge in [0.05, 0.1) is 16.7 Å². The first-order valence-electron chi connectivity index (χ1n) is 5.94. The minimum absolute atomic E-state index is 0.0187. The van der Waals surface area contributed by atoms with Crippen LogP contribution in [0.25, 0.3) is 0 Å². The molecule has 7 heteroatoms. The van der Waals surface area contributed by atoms with Crippen LogP contribution in [0.2, 0.25) is 0 Å². The first-order valence-corrected chi connectivity index (χ1v) is 5.94. The number of carbonyl (C=O) groups excluding carboxylic acids is 1. The Bertz CT molecular complexity index is 476. The highest BCUT2D eigenvalue weighted by Crippen LogP contribution is 2.27. The number of phenolic OH excluding ortho intramolecular Hbond substituents is 1. The van der Waals surface area contributed by atoms with Crippen molar-refractivity contribution in [2.45, 2.75) is 26.3 Å². The molecule has 0 heterocycles. The average molecular weight is 267 g/mol. The maximum atomic E-state index is 11.7. The number of nitro groups is 1. The molecule has 3 N–H and O–H groups in total. The summed E-state index contributed by atoms with van der Waals surface area (Å²) in [5.41, 5.74) is -0.0594. The summed E-state index contributed by atoms with van der Waals surface area (Å²) in [6.07, 6.45) is 0.254. The highest BCUT2D eigenvalue weighted by atomic mass is 16.6. The number of nitrogens with zero attached hydrogens (tertiary/aromatic N) is 1. The number of non-ortho nitro benzene ring substituents is 1. The van der Waals surface area contributed by atoms with Gasteiger partial charge in [0.1, 0.15) is 5.75 Å². The van der Waals surface area contributed by atoms with E-state index in [9.17, 15) is 20.0 Å². The molecular formula is C12H17N3O4. The molecule has 7 nitrogen and oxygen atoms in total. The van der Waals surface area contributed by atoms with E-state index in [2.05, 4.69) is 10.6 Å². The van der Waals surface area contributed by atoms with Crippen LogP contribution in [-0.4, -0.2) is 28.5 Å². The Morgan fingerprint density at radius 2 is 2.21 bits per heavy atom. The molecule has 0 aliphatic rings. The molecule has 1 atom stereocenters. The molecule has 19 heavy (non-hydrogen) atoms. The number of benzene rings is 1. The molecule has 1 aromatic rings. The van der Waals surface area contributed by atoms with Crippen LogP contribution in [0.5, 0.6) is 5.75 Å². The number of amides is 1. The molecule has 0 saturated heterocycles. The number of nitro benzene ring substituents is 1. The predicted molar refractivity (Wildman–Crippen MR) is 71.1 cm³/mol. The lowest BCUT2D eigenvalue weighted by Gasteiger charge is -2.12. The summed E-state index contributed by atoms with van der Waals surface area (Å²) in [6.45, 7) is 4.58. The van der Waals surface area contributed by atoms with E-state index in [0.717, 1.165) is 12.6 Å². The van der Waals surface area contributed by atoms with Gasteiger partial charge in [0.25, 0.3) is 5.69 Å². The van der Waals surface area contributed by atoms with Crippen molar-refractivity contribution in [2.24, 2.45) is 0 Å². The van der Waals surface area contributed by atoms with Gasteiger partial charge in [0.15, 0.2) is 0 Å². The Kier molecular flexibility index (Phi) is 5.25. The van der Waals surface area contributed by atoms with E-state index < -0.39 is 4.92 Å². The molecule has 0 radical (unpaired) electrons. The van der Waals surface area contributed by atoms with Crippen molar-refractivity contribution in [1.29, 1.82) is 0 Å². The number of anilines is 1. The second kappa shape index (κ2) is 6.69. The fourth-order valence-corrected chi connectivity index (χ4v) is 1.64. The maximum Gasteiger partial charge on any atom is 0.273 e. The summed E-state index contributed by atoms with van der Waals surface area (Å²) in [6, 6.07) is 3.56. The zero-order valence-electron chi connectivity index (χ0n) is 10.8. The van der Waals surface area contributed by atoms with Crippen molar-refractivity contribution in [1.82, 2.24) is 5.32 Å². The van der Waals surface area contributed by atoms with Gasteiger partial charge in [-0.3, -0.25) is 14.9 Å². The van der Waals surface area contributed by atoms with Crippen molar-refractivity contribution >= 4 is 17.3 Å². The second-order valence-electron chi connectivity index (χ2n) is 4.17. The van der Waals surface area contributed by atoms with Gasteiger partial charge in [0, 0.05) is 18.5 Å². The van der Waals surface area contributed by atoms with Gasteiger partial charge >= 0.3 is 0 Å². The first-order chi connectivity index (χ1) is 8.93. The molecule has 1 aromatic carbocycles. The van der Waals surface area contributed by atoms with Gasteiger partial charge in [-0.25, -0.2) is 0 Å². The van der Waals surface area contributed by atoms with E-state index in [0.29, 0.717) is 0 Å². The van der Waals surface area contributed by atoms with Gasteiger partial charge in [-0.15, -0.1) is 0 Å². The number of rotatable bonds is 6. The quantitative estimate of drug-likeness (QED) is 0.413. The molecule has 0 bridgehead atoms. The Hall–Kier alpha value is -2.15. The Labute approximate surface area is 110 Å². The van der Waals surface area contributed by atoms with E-state index in [1.807, 2.05) is 13.8 Å². The molecule has 0 saturated carbocycles. The van der Waals surface area contributed by atoms with Crippen molar-refractivity contribution < 1.29 is 14.8 Å². The molecule has 1 unspecified atom stereocenters. The molecule has 0 fully saturated rings. The summed E-state index contributed by atoms with van der Waals surface area (Å²) in [4.78, 5) is 21.6. The predicted octanol–water partition coefficient (Wildman–Crippen LogP) is 1.63. The fraction of sp³-hybridized carbons (Fsp3) is 0.417. The van der Waals surface area contributed by atoms with Crippen LogP contribution < -0.4 is 10.6 Å². The average Bonchev–Trinajstić information content (AvgIpc) is 2.31. The number of nitrogens with one attached hydrogen (secondary N) is 2. The number of aromatic hydroxyl groups is 1. The van der Waals surface area contributed by atoms with E-state index in [4.69, 9.17) is 0 Å². The van der Waals surface area contributed by atoms with Crippen LogP contribution in [0.4, 0.5) is 11.4 Å². The SMILES string of the molecule is CCNC(C)CC(=O)Nc1ccc([N+](=O)[O-])cc1O. The summed E-state index contributed by atoms with van der Waals surface area (Å²) in [5, 5.41) is 25.7. The van der Waals surface area contributed by atoms with Crippen LogP contribution in [0.3, 0.4) is 0 Å². The minimum Gasteiger partial charge on any atom is -0.506 e. The third-order valence-electron chi connectivity index (χ3n) is 2.51. The van der Waals surface area contributed by atoms with Crippen LogP contribution in [0.15, 0.2) is 18.2 Å². The second-order valence-corrected chi connectivity index (χ2v) is 4.17. The lowest BCUT2D eigenvalue weighted by atomic mass is 10.2. The third kappa shape index (κ3) is 4.55.